The van der Waals surface area contributed by atoms with E-state index in [2.05, 4.69) is 5.32 Å². The minimum atomic E-state index is 0. The number of hydrogen-bond acceptors (Lipinski definition) is 1. The molecular weight excluding hydrogens is 134 g/mol. The summed E-state index contributed by atoms with van der Waals surface area (Å²) in [6.45, 7) is 2.50. The van der Waals surface area contributed by atoms with Gasteiger partial charge in [-0.25, -0.2) is 0 Å². The monoisotopic (exact) mass is 147 g/mol. The summed E-state index contributed by atoms with van der Waals surface area (Å²) in [7, 11) is 0. The van der Waals surface area contributed by atoms with Gasteiger partial charge in [0.15, 0.2) is 0 Å². The second kappa shape index (κ2) is 8.02. The smallest absolute Gasteiger partial charge is 0.316 e. The van der Waals surface area contributed by atoms with Gasteiger partial charge in [0, 0.05) is 0 Å². The fourth-order valence-corrected chi connectivity index (χ4v) is 0.802. The zero-order valence-corrected chi connectivity index (χ0v) is 5.26. The van der Waals surface area contributed by atoms with Gasteiger partial charge in [-0.1, -0.05) is 6.42 Å². The Bertz CT molecular complexity index is 27.9. The summed E-state index contributed by atoms with van der Waals surface area (Å²) in [4.78, 5) is 0. The lowest BCUT2D eigenvalue weighted by Gasteiger charge is -2.08. The van der Waals surface area contributed by atoms with E-state index in [0.29, 0.717) is 0 Å². The summed E-state index contributed by atoms with van der Waals surface area (Å²) >= 11 is 0. The molecule has 1 fully saturated rings. The van der Waals surface area contributed by atoms with Crippen molar-refractivity contribution in [3.05, 3.63) is 0 Å². The van der Waals surface area contributed by atoms with E-state index in [1.54, 1.807) is 0 Å². The van der Waals surface area contributed by atoms with E-state index in [1.807, 2.05) is 0 Å². The third-order valence-electron chi connectivity index (χ3n) is 1.21. The molecule has 48 valence electrons. The Balaban J connectivity index is 0. The van der Waals surface area contributed by atoms with Crippen molar-refractivity contribution >= 4 is 35.5 Å². The summed E-state index contributed by atoms with van der Waals surface area (Å²) in [5, 5.41) is 3.28. The first kappa shape index (κ1) is 11.8. The van der Waals surface area contributed by atoms with Crippen LogP contribution >= 0.6 is 12.4 Å². The zero-order chi connectivity index (χ0) is 4.24. The topological polar surface area (TPSA) is 12.0 Å². The molecule has 1 saturated heterocycles. The van der Waals surface area contributed by atoms with Crippen LogP contribution in [0.4, 0.5) is 0 Å². The molecule has 0 amide bonds. The Labute approximate surface area is 73.2 Å². The molecule has 1 rings (SSSR count). The van der Waals surface area contributed by atoms with Gasteiger partial charge < -0.3 is 5.32 Å². The molecule has 3 heteroatoms. The van der Waals surface area contributed by atoms with Gasteiger partial charge in [-0.15, -0.1) is 12.4 Å². The number of rotatable bonds is 0. The molecule has 1 aliphatic heterocycles. The Morgan fingerprint density at radius 2 is 1.38 bits per heavy atom. The number of piperidine rings is 1. The third-order valence-corrected chi connectivity index (χ3v) is 1.21. The molecule has 0 atom stereocenters. The molecule has 1 N–H and O–H groups in total. The molecule has 1 aliphatic rings. The molecule has 0 aromatic carbocycles. The molecule has 8 heavy (non-hydrogen) atoms. The summed E-state index contributed by atoms with van der Waals surface area (Å²) in [6.07, 6.45) is 4.22. The van der Waals surface area contributed by atoms with Crippen molar-refractivity contribution < 1.29 is 0 Å². The largest absolute Gasteiger partial charge is 0.317 e. The van der Waals surface area contributed by atoms with Crippen molar-refractivity contribution in [1.82, 2.24) is 5.32 Å². The lowest BCUT2D eigenvalue weighted by Crippen LogP contribution is -2.21. The van der Waals surface area contributed by atoms with Crippen LogP contribution < -0.4 is 5.32 Å². The van der Waals surface area contributed by atoms with Crippen LogP contribution in [0, 0.1) is 0 Å². The third kappa shape index (κ3) is 5.16. The first-order valence-corrected chi connectivity index (χ1v) is 2.71. The van der Waals surface area contributed by atoms with E-state index in [-0.39, 0.29) is 35.5 Å². The van der Waals surface area contributed by atoms with Crippen LogP contribution in [-0.2, 0) is 0 Å². The first-order valence-electron chi connectivity index (χ1n) is 2.71. The number of halogens is 1. The van der Waals surface area contributed by atoms with Crippen molar-refractivity contribution in [3.63, 3.8) is 0 Å². The Morgan fingerprint density at radius 1 is 0.875 bits per heavy atom. The fourth-order valence-electron chi connectivity index (χ4n) is 0.802. The molecule has 1 nitrogen and oxygen atoms in total. The van der Waals surface area contributed by atoms with Gasteiger partial charge in [-0.2, -0.15) is 0 Å². The predicted molar refractivity (Wildman–Crippen MR) is 42.5 cm³/mol. The summed E-state index contributed by atoms with van der Waals surface area (Å²) in [6, 6.07) is 0. The zero-order valence-electron chi connectivity index (χ0n) is 4.44. The summed E-state index contributed by atoms with van der Waals surface area (Å²) < 4.78 is 0. The number of nitrogens with one attached hydrogen (secondary N) is 1. The van der Waals surface area contributed by atoms with E-state index in [9.17, 15) is 0 Å². The highest BCUT2D eigenvalue weighted by molar-refractivity contribution is 5.85. The van der Waals surface area contributed by atoms with Gasteiger partial charge in [0.25, 0.3) is 0 Å². The van der Waals surface area contributed by atoms with Crippen LogP contribution in [0.3, 0.4) is 0 Å². The van der Waals surface area contributed by atoms with E-state index in [4.69, 9.17) is 0 Å². The normalized spacial score (nSPS) is 18.0. The molecule has 0 aromatic rings. The molecule has 0 spiro atoms. The molecule has 0 aromatic heterocycles. The Kier molecular flexibility index (Phi) is 11.8. The second-order valence-corrected chi connectivity index (χ2v) is 1.81. The predicted octanol–water partition coefficient (Wildman–Crippen LogP) is 0.265. The van der Waals surface area contributed by atoms with E-state index in [1.165, 1.54) is 32.4 Å². The average molecular weight is 148 g/mol. The van der Waals surface area contributed by atoms with Crippen LogP contribution in [0.5, 0.6) is 0 Å². The summed E-state index contributed by atoms with van der Waals surface area (Å²) in [5.41, 5.74) is 0. The lowest BCUT2D eigenvalue weighted by molar-refractivity contribution is 0.520. The molecule has 0 unspecified atom stereocenters. The SMILES string of the molecule is C1CCNCC1.Cl.[MgH2]. The average Bonchev–Trinajstić information content (AvgIpc) is 1.72. The fraction of sp³-hybridized carbons (Fsp3) is 1.00. The Morgan fingerprint density at radius 3 is 1.50 bits per heavy atom. The van der Waals surface area contributed by atoms with Crippen molar-refractivity contribution in [3.8, 4) is 0 Å². The molecule has 1 heterocycles. The van der Waals surface area contributed by atoms with E-state index >= 15 is 0 Å². The maximum atomic E-state index is 3.28. The van der Waals surface area contributed by atoms with Gasteiger partial charge in [0.05, 0.1) is 0 Å². The maximum Gasteiger partial charge on any atom is 0.316 e. The number of hydrogen-bond donors (Lipinski definition) is 1. The summed E-state index contributed by atoms with van der Waals surface area (Å²) in [5.74, 6) is 0. The Hall–Kier alpha value is 1.02. The minimum absolute atomic E-state index is 0. The van der Waals surface area contributed by atoms with Crippen LogP contribution in [0.15, 0.2) is 0 Å². The highest BCUT2D eigenvalue weighted by Gasteiger charge is 1.93. The maximum absolute atomic E-state index is 3.28. The highest BCUT2D eigenvalue weighted by atomic mass is 35.5. The lowest BCUT2D eigenvalue weighted by atomic mass is 10.2. The van der Waals surface area contributed by atoms with Crippen molar-refractivity contribution in [2.24, 2.45) is 0 Å². The van der Waals surface area contributed by atoms with Crippen molar-refractivity contribution in [2.75, 3.05) is 13.1 Å². The van der Waals surface area contributed by atoms with Crippen LogP contribution in [0.25, 0.3) is 0 Å². The molecule has 0 saturated carbocycles. The first-order chi connectivity index (χ1) is 3.00. The van der Waals surface area contributed by atoms with Gasteiger partial charge >= 0.3 is 23.1 Å². The standard InChI is InChI=1S/C5H11N.ClH.Mg.2H/c1-2-4-6-5-3-1;;;;/h6H,1-5H2;1H;;;. The molecule has 0 bridgehead atoms. The quantitative estimate of drug-likeness (QED) is 0.486. The van der Waals surface area contributed by atoms with Gasteiger partial charge in [0.2, 0.25) is 0 Å². The van der Waals surface area contributed by atoms with Gasteiger partial charge in [-0.05, 0) is 25.9 Å². The minimum Gasteiger partial charge on any atom is -0.317 e. The van der Waals surface area contributed by atoms with Crippen molar-refractivity contribution in [2.45, 2.75) is 19.3 Å². The molecule has 0 aliphatic carbocycles. The van der Waals surface area contributed by atoms with Crippen LogP contribution in [0.2, 0.25) is 0 Å². The molecular formula is C5H14ClMgN. The van der Waals surface area contributed by atoms with Crippen molar-refractivity contribution in [1.29, 1.82) is 0 Å². The second-order valence-electron chi connectivity index (χ2n) is 1.81. The van der Waals surface area contributed by atoms with E-state index in [0.717, 1.165) is 0 Å². The van der Waals surface area contributed by atoms with Gasteiger partial charge in [0.1, 0.15) is 0 Å². The van der Waals surface area contributed by atoms with Crippen LogP contribution in [-0.4, -0.2) is 36.1 Å². The molecule has 0 radical (unpaired) electrons. The highest BCUT2D eigenvalue weighted by Crippen LogP contribution is 1.96. The van der Waals surface area contributed by atoms with Crippen LogP contribution in [0.1, 0.15) is 19.3 Å². The van der Waals surface area contributed by atoms with Gasteiger partial charge in [-0.3, -0.25) is 0 Å². The van der Waals surface area contributed by atoms with E-state index < -0.39 is 0 Å².